The van der Waals surface area contributed by atoms with Crippen molar-refractivity contribution in [3.8, 4) is 0 Å². The molecule has 0 aliphatic heterocycles. The zero-order chi connectivity index (χ0) is 18.2. The van der Waals surface area contributed by atoms with Crippen LogP contribution in [0, 0.1) is 16.2 Å². The molecule has 132 valence electrons. The van der Waals surface area contributed by atoms with Crippen LogP contribution in [0.5, 0.6) is 0 Å². The number of ether oxygens (including phenoxy) is 1. The summed E-state index contributed by atoms with van der Waals surface area (Å²) >= 11 is 0. The number of esters is 1. The number of carbonyl (C=O) groups is 1. The smallest absolute Gasteiger partial charge is 0.422 e. The van der Waals surface area contributed by atoms with Crippen LogP contribution in [0.4, 0.5) is 26.3 Å². The van der Waals surface area contributed by atoms with E-state index in [2.05, 4.69) is 4.74 Å². The maximum absolute atomic E-state index is 13.7. The molecule has 22 heavy (non-hydrogen) atoms. The Labute approximate surface area is 126 Å². The zero-order valence-corrected chi connectivity index (χ0v) is 13.5. The van der Waals surface area contributed by atoms with Crippen LogP contribution in [-0.2, 0) is 9.53 Å². The van der Waals surface area contributed by atoms with Gasteiger partial charge in [-0.2, -0.15) is 26.3 Å². The van der Waals surface area contributed by atoms with Crippen molar-refractivity contribution in [3.05, 3.63) is 0 Å². The van der Waals surface area contributed by atoms with Gasteiger partial charge in [0.25, 0.3) is 0 Å². The predicted molar refractivity (Wildman–Crippen MR) is 69.0 cm³/mol. The fourth-order valence-corrected chi connectivity index (χ4v) is 2.35. The monoisotopic (exact) mass is 336 g/mol. The number of rotatable bonds is 3. The number of hydrogen-bond acceptors (Lipinski definition) is 2. The lowest BCUT2D eigenvalue weighted by Gasteiger charge is -2.46. The van der Waals surface area contributed by atoms with Crippen molar-refractivity contribution in [2.75, 3.05) is 6.61 Å². The second kappa shape index (κ2) is 5.92. The normalized spacial score (nSPS) is 17.1. The summed E-state index contributed by atoms with van der Waals surface area (Å²) in [7, 11) is 0. The zero-order valence-electron chi connectivity index (χ0n) is 13.5. The number of hydrogen-bond donors (Lipinski definition) is 0. The van der Waals surface area contributed by atoms with Gasteiger partial charge < -0.3 is 4.74 Å². The van der Waals surface area contributed by atoms with E-state index in [1.165, 1.54) is 41.5 Å². The summed E-state index contributed by atoms with van der Waals surface area (Å²) in [6, 6.07) is 0. The Morgan fingerprint density at radius 2 is 1.27 bits per heavy atom. The second-order valence-corrected chi connectivity index (χ2v) is 7.58. The first-order valence-electron chi connectivity index (χ1n) is 6.64. The second-order valence-electron chi connectivity index (χ2n) is 7.58. The summed E-state index contributed by atoms with van der Waals surface area (Å²) in [5, 5.41) is 0. The molecule has 0 aromatic heterocycles. The quantitative estimate of drug-likeness (QED) is 0.528. The van der Waals surface area contributed by atoms with Gasteiger partial charge in [0.2, 0.25) is 0 Å². The van der Waals surface area contributed by atoms with Gasteiger partial charge in [0, 0.05) is 0 Å². The molecule has 0 rings (SSSR count). The number of alkyl halides is 6. The summed E-state index contributed by atoms with van der Waals surface area (Å²) in [4.78, 5) is 12.0. The minimum Gasteiger partial charge on any atom is -0.455 e. The first-order valence-corrected chi connectivity index (χ1v) is 6.64. The van der Waals surface area contributed by atoms with Gasteiger partial charge in [-0.05, 0) is 17.3 Å². The van der Waals surface area contributed by atoms with Gasteiger partial charge in [-0.1, -0.05) is 41.5 Å². The van der Waals surface area contributed by atoms with Gasteiger partial charge >= 0.3 is 18.3 Å². The molecule has 0 aliphatic rings. The minimum atomic E-state index is -5.04. The largest absolute Gasteiger partial charge is 0.455 e. The van der Waals surface area contributed by atoms with Gasteiger partial charge in [0.15, 0.2) is 12.0 Å². The van der Waals surface area contributed by atoms with E-state index in [0.29, 0.717) is 0 Å². The molecule has 0 saturated carbocycles. The van der Waals surface area contributed by atoms with Gasteiger partial charge in [-0.15, -0.1) is 0 Å². The molecule has 1 unspecified atom stereocenters. The molecule has 8 heteroatoms. The molecular weight excluding hydrogens is 314 g/mol. The SMILES string of the molecule is CC(C)(C)CC(C(=O)OCC(F)(F)F)(C(C)(C)C)C(F)(F)F. The third-order valence-corrected chi connectivity index (χ3v) is 3.28. The molecule has 0 aromatic carbocycles. The van der Waals surface area contributed by atoms with Crippen molar-refractivity contribution in [2.45, 2.75) is 60.3 Å². The van der Waals surface area contributed by atoms with E-state index in [1.54, 1.807) is 0 Å². The third kappa shape index (κ3) is 5.05. The molecule has 0 bridgehead atoms. The topological polar surface area (TPSA) is 26.3 Å². The average Bonchev–Trinajstić information content (AvgIpc) is 2.16. The molecule has 1 atom stereocenters. The fourth-order valence-electron chi connectivity index (χ4n) is 2.35. The molecule has 0 radical (unpaired) electrons. The van der Waals surface area contributed by atoms with E-state index < -0.39 is 47.6 Å². The Morgan fingerprint density at radius 1 is 0.864 bits per heavy atom. The first-order chi connectivity index (χ1) is 9.33. The lowest BCUT2D eigenvalue weighted by atomic mass is 9.59. The standard InChI is InChI=1S/C14H22F6O2/c1-10(2,3)7-12(11(4,5)6,14(18,19)20)9(21)22-8-13(15,16)17/h7-8H2,1-6H3. The van der Waals surface area contributed by atoms with Crippen molar-refractivity contribution < 1.29 is 35.9 Å². The van der Waals surface area contributed by atoms with Crippen LogP contribution in [0.2, 0.25) is 0 Å². The van der Waals surface area contributed by atoms with Gasteiger partial charge in [0.05, 0.1) is 0 Å². The van der Waals surface area contributed by atoms with E-state index >= 15 is 0 Å². The minimum absolute atomic E-state index is 0.677. The molecule has 0 heterocycles. The maximum Gasteiger partial charge on any atom is 0.422 e. The molecule has 0 aliphatic carbocycles. The molecule has 0 aromatic rings. The average molecular weight is 336 g/mol. The van der Waals surface area contributed by atoms with Crippen LogP contribution in [-0.4, -0.2) is 24.9 Å². The van der Waals surface area contributed by atoms with Crippen LogP contribution < -0.4 is 0 Å². The van der Waals surface area contributed by atoms with Crippen molar-refractivity contribution in [1.29, 1.82) is 0 Å². The fraction of sp³-hybridized carbons (Fsp3) is 0.929. The summed E-state index contributed by atoms with van der Waals surface area (Å²) in [5.74, 6) is -1.89. The molecule has 0 fully saturated rings. The molecule has 2 nitrogen and oxygen atoms in total. The molecule has 0 N–H and O–H groups in total. The lowest BCUT2D eigenvalue weighted by molar-refractivity contribution is -0.275. The highest BCUT2D eigenvalue weighted by atomic mass is 19.4. The Morgan fingerprint density at radius 3 is 1.50 bits per heavy atom. The van der Waals surface area contributed by atoms with Gasteiger partial charge in [-0.3, -0.25) is 4.79 Å². The van der Waals surface area contributed by atoms with Crippen LogP contribution >= 0.6 is 0 Å². The van der Waals surface area contributed by atoms with E-state index in [0.717, 1.165) is 0 Å². The van der Waals surface area contributed by atoms with Gasteiger partial charge in [-0.25, -0.2) is 0 Å². The Hall–Kier alpha value is -0.950. The predicted octanol–water partition coefficient (Wildman–Crippen LogP) is 5.12. The Bertz CT molecular complexity index is 382. The van der Waals surface area contributed by atoms with Crippen molar-refractivity contribution >= 4 is 5.97 Å². The highest BCUT2D eigenvalue weighted by molar-refractivity contribution is 5.79. The molecule has 0 saturated heterocycles. The Kier molecular flexibility index (Phi) is 5.67. The highest BCUT2D eigenvalue weighted by Gasteiger charge is 2.68. The number of carbonyl (C=O) groups excluding carboxylic acids is 1. The summed E-state index contributed by atoms with van der Waals surface area (Å²) in [6.07, 6.45) is -10.6. The third-order valence-electron chi connectivity index (χ3n) is 3.28. The van der Waals surface area contributed by atoms with Crippen LogP contribution in [0.15, 0.2) is 0 Å². The van der Waals surface area contributed by atoms with Crippen molar-refractivity contribution in [3.63, 3.8) is 0 Å². The van der Waals surface area contributed by atoms with E-state index in [4.69, 9.17) is 0 Å². The highest BCUT2D eigenvalue weighted by Crippen LogP contribution is 2.57. The van der Waals surface area contributed by atoms with Crippen LogP contribution in [0.3, 0.4) is 0 Å². The van der Waals surface area contributed by atoms with Crippen molar-refractivity contribution in [2.24, 2.45) is 16.2 Å². The molecular formula is C14H22F6O2. The first kappa shape index (κ1) is 21.0. The maximum atomic E-state index is 13.7. The van der Waals surface area contributed by atoms with Crippen LogP contribution in [0.25, 0.3) is 0 Å². The molecule has 0 amide bonds. The van der Waals surface area contributed by atoms with Gasteiger partial charge in [0.1, 0.15) is 0 Å². The van der Waals surface area contributed by atoms with E-state index in [-0.39, 0.29) is 0 Å². The Balaban J connectivity index is 5.92. The lowest BCUT2D eigenvalue weighted by Crippen LogP contribution is -2.56. The number of halogens is 6. The van der Waals surface area contributed by atoms with E-state index in [9.17, 15) is 31.1 Å². The molecule has 0 spiro atoms. The summed E-state index contributed by atoms with van der Waals surface area (Å²) in [6.45, 7) is 5.91. The van der Waals surface area contributed by atoms with Crippen molar-refractivity contribution in [1.82, 2.24) is 0 Å². The van der Waals surface area contributed by atoms with Crippen LogP contribution in [0.1, 0.15) is 48.0 Å². The summed E-state index contributed by atoms with van der Waals surface area (Å²) in [5.41, 5.74) is -5.63. The summed E-state index contributed by atoms with van der Waals surface area (Å²) < 4.78 is 81.6. The van der Waals surface area contributed by atoms with E-state index in [1.807, 2.05) is 0 Å².